The number of nitrogens with zero attached hydrogens (tertiary/aromatic N) is 4. The highest BCUT2D eigenvalue weighted by Crippen LogP contribution is 2.38. The third-order valence-electron chi connectivity index (χ3n) is 4.74. The van der Waals surface area contributed by atoms with Gasteiger partial charge in [0.25, 0.3) is 5.91 Å². The highest BCUT2D eigenvalue weighted by atomic mass is 16.5. The molecule has 2 aliphatic heterocycles. The molecule has 3 rings (SSSR count). The van der Waals surface area contributed by atoms with Gasteiger partial charge in [-0.2, -0.15) is 5.26 Å². The van der Waals surface area contributed by atoms with Gasteiger partial charge < -0.3 is 14.5 Å². The summed E-state index contributed by atoms with van der Waals surface area (Å²) in [4.78, 5) is 18.9. The Balaban J connectivity index is 1.71. The minimum Gasteiger partial charge on any atom is -0.379 e. The summed E-state index contributed by atoms with van der Waals surface area (Å²) in [5.41, 5.74) is 2.40. The van der Waals surface area contributed by atoms with Crippen LogP contribution in [-0.2, 0) is 4.74 Å². The molecule has 1 amide bonds. The van der Waals surface area contributed by atoms with Crippen LogP contribution in [0.3, 0.4) is 0 Å². The predicted molar refractivity (Wildman–Crippen MR) is 92.0 cm³/mol. The van der Waals surface area contributed by atoms with Crippen LogP contribution in [0.2, 0.25) is 0 Å². The van der Waals surface area contributed by atoms with Crippen molar-refractivity contribution in [2.45, 2.75) is 12.5 Å². The van der Waals surface area contributed by atoms with E-state index in [2.05, 4.69) is 11.0 Å². The monoisotopic (exact) mass is 328 g/mol. The molecule has 6 heteroatoms. The lowest BCUT2D eigenvalue weighted by molar-refractivity contribution is 0.0355. The molecular weight excluding hydrogens is 304 g/mol. The van der Waals surface area contributed by atoms with E-state index in [1.54, 1.807) is 4.90 Å². The summed E-state index contributed by atoms with van der Waals surface area (Å²) >= 11 is 0. The topological polar surface area (TPSA) is 59.8 Å². The summed E-state index contributed by atoms with van der Waals surface area (Å²) in [5, 5.41) is 9.59. The summed E-state index contributed by atoms with van der Waals surface area (Å²) in [6.07, 6.45) is 0.870. The molecule has 0 saturated carbocycles. The summed E-state index contributed by atoms with van der Waals surface area (Å²) in [6.45, 7) is 4.99. The Kier molecular flexibility index (Phi) is 5.03. The smallest absolute Gasteiger partial charge is 0.257 e. The molecule has 1 aromatic rings. The van der Waals surface area contributed by atoms with Crippen molar-refractivity contribution in [3.63, 3.8) is 0 Å². The summed E-state index contributed by atoms with van der Waals surface area (Å²) in [7, 11) is 3.84. The SMILES string of the molecule is CN(C)c1cccc2c1C(=O)N(CCCN1CCOCC1)C2C#N. The number of carbonyl (C=O) groups excluding carboxylic acids is 1. The van der Waals surface area contributed by atoms with Crippen LogP contribution in [0.15, 0.2) is 18.2 Å². The molecule has 2 aliphatic rings. The molecule has 128 valence electrons. The van der Waals surface area contributed by atoms with Crippen LogP contribution in [0.25, 0.3) is 0 Å². The Morgan fingerprint density at radius 2 is 2.04 bits per heavy atom. The number of nitriles is 1. The fraction of sp³-hybridized carbons (Fsp3) is 0.556. The first-order valence-corrected chi connectivity index (χ1v) is 8.44. The number of rotatable bonds is 5. The molecule has 1 fully saturated rings. The zero-order valence-electron chi connectivity index (χ0n) is 14.4. The number of morpholine rings is 1. The van der Waals surface area contributed by atoms with Gasteiger partial charge in [-0.25, -0.2) is 0 Å². The minimum absolute atomic E-state index is 0.0252. The first kappa shape index (κ1) is 16.7. The average Bonchev–Trinajstić information content (AvgIpc) is 2.87. The Morgan fingerprint density at radius 1 is 1.29 bits per heavy atom. The highest BCUT2D eigenvalue weighted by molar-refractivity contribution is 6.04. The quantitative estimate of drug-likeness (QED) is 0.820. The average molecular weight is 328 g/mol. The van der Waals surface area contributed by atoms with E-state index in [1.807, 2.05) is 37.2 Å². The fourth-order valence-electron chi connectivity index (χ4n) is 3.48. The van der Waals surface area contributed by atoms with E-state index in [1.165, 1.54) is 0 Å². The molecule has 0 aliphatic carbocycles. The van der Waals surface area contributed by atoms with Crippen LogP contribution >= 0.6 is 0 Å². The highest BCUT2D eigenvalue weighted by Gasteiger charge is 2.38. The molecule has 0 radical (unpaired) electrons. The van der Waals surface area contributed by atoms with Crippen LogP contribution in [-0.4, -0.2) is 69.2 Å². The maximum Gasteiger partial charge on any atom is 0.257 e. The molecule has 0 aromatic heterocycles. The van der Waals surface area contributed by atoms with Crippen molar-refractivity contribution in [3.8, 4) is 6.07 Å². The molecule has 0 spiro atoms. The molecule has 0 N–H and O–H groups in total. The molecule has 6 nitrogen and oxygen atoms in total. The van der Waals surface area contributed by atoms with Crippen molar-refractivity contribution in [2.24, 2.45) is 0 Å². The van der Waals surface area contributed by atoms with Crippen molar-refractivity contribution >= 4 is 11.6 Å². The largest absolute Gasteiger partial charge is 0.379 e. The van der Waals surface area contributed by atoms with Gasteiger partial charge in [0, 0.05) is 51.5 Å². The van der Waals surface area contributed by atoms with E-state index >= 15 is 0 Å². The fourth-order valence-corrected chi connectivity index (χ4v) is 3.48. The standard InChI is InChI=1S/C18H24N4O2/c1-20(2)15-6-3-5-14-16(13-19)22(18(23)17(14)15)8-4-7-21-9-11-24-12-10-21/h3,5-6,16H,4,7-12H2,1-2H3. The van der Waals surface area contributed by atoms with Crippen LogP contribution in [0.5, 0.6) is 0 Å². The number of fused-ring (bicyclic) bond motifs is 1. The van der Waals surface area contributed by atoms with Gasteiger partial charge in [0.2, 0.25) is 0 Å². The molecule has 2 heterocycles. The van der Waals surface area contributed by atoms with Gasteiger partial charge in [-0.05, 0) is 12.5 Å². The van der Waals surface area contributed by atoms with Crippen LogP contribution < -0.4 is 4.90 Å². The Labute approximate surface area is 143 Å². The van der Waals surface area contributed by atoms with E-state index in [-0.39, 0.29) is 5.91 Å². The van der Waals surface area contributed by atoms with E-state index in [9.17, 15) is 10.1 Å². The number of ether oxygens (including phenoxy) is 1. The van der Waals surface area contributed by atoms with Crippen LogP contribution in [0, 0.1) is 11.3 Å². The van der Waals surface area contributed by atoms with Crippen molar-refractivity contribution < 1.29 is 9.53 Å². The number of benzene rings is 1. The van der Waals surface area contributed by atoms with Crippen LogP contribution in [0.1, 0.15) is 28.4 Å². The van der Waals surface area contributed by atoms with Crippen LogP contribution in [0.4, 0.5) is 5.69 Å². The van der Waals surface area contributed by atoms with Gasteiger partial charge in [0.15, 0.2) is 0 Å². The first-order chi connectivity index (χ1) is 11.6. The van der Waals surface area contributed by atoms with Gasteiger partial charge in [0.1, 0.15) is 6.04 Å². The second-order valence-electron chi connectivity index (χ2n) is 6.47. The molecule has 1 unspecified atom stereocenters. The van der Waals surface area contributed by atoms with Crippen molar-refractivity contribution in [1.82, 2.24) is 9.80 Å². The number of hydrogen-bond donors (Lipinski definition) is 0. The Hall–Kier alpha value is -2.10. The Morgan fingerprint density at radius 3 is 2.71 bits per heavy atom. The molecule has 1 atom stereocenters. The van der Waals surface area contributed by atoms with Crippen molar-refractivity contribution in [3.05, 3.63) is 29.3 Å². The normalized spacial score (nSPS) is 20.8. The lowest BCUT2D eigenvalue weighted by Gasteiger charge is -2.28. The van der Waals surface area contributed by atoms with Crippen molar-refractivity contribution in [1.29, 1.82) is 5.26 Å². The number of hydrogen-bond acceptors (Lipinski definition) is 5. The van der Waals surface area contributed by atoms with Gasteiger partial charge in [-0.15, -0.1) is 0 Å². The second-order valence-corrected chi connectivity index (χ2v) is 6.47. The van der Waals surface area contributed by atoms with Gasteiger partial charge in [-0.3, -0.25) is 9.69 Å². The van der Waals surface area contributed by atoms with Gasteiger partial charge in [0.05, 0.1) is 24.8 Å². The number of amides is 1. The molecule has 1 saturated heterocycles. The molecule has 1 aromatic carbocycles. The minimum atomic E-state index is -0.475. The maximum atomic E-state index is 12.9. The second kappa shape index (κ2) is 7.20. The van der Waals surface area contributed by atoms with Crippen molar-refractivity contribution in [2.75, 3.05) is 58.4 Å². The third-order valence-corrected chi connectivity index (χ3v) is 4.74. The zero-order chi connectivity index (χ0) is 17.1. The lowest BCUT2D eigenvalue weighted by atomic mass is 10.0. The maximum absolute atomic E-state index is 12.9. The first-order valence-electron chi connectivity index (χ1n) is 8.44. The summed E-state index contributed by atoms with van der Waals surface area (Å²) in [5.74, 6) is -0.0252. The molecule has 24 heavy (non-hydrogen) atoms. The van der Waals surface area contributed by atoms with E-state index in [0.29, 0.717) is 12.1 Å². The number of carbonyl (C=O) groups is 1. The van der Waals surface area contributed by atoms with E-state index < -0.39 is 6.04 Å². The lowest BCUT2D eigenvalue weighted by Crippen LogP contribution is -2.38. The third kappa shape index (κ3) is 3.10. The molecular formula is C18H24N4O2. The zero-order valence-corrected chi connectivity index (χ0v) is 14.4. The van der Waals surface area contributed by atoms with E-state index in [4.69, 9.17) is 4.74 Å². The van der Waals surface area contributed by atoms with Gasteiger partial charge >= 0.3 is 0 Å². The number of anilines is 1. The molecule has 0 bridgehead atoms. The summed E-state index contributed by atoms with van der Waals surface area (Å²) in [6, 6.07) is 7.58. The predicted octanol–water partition coefficient (Wildman–Crippen LogP) is 1.50. The Bertz CT molecular complexity index is 647. The van der Waals surface area contributed by atoms with Gasteiger partial charge in [-0.1, -0.05) is 12.1 Å². The van der Waals surface area contributed by atoms with E-state index in [0.717, 1.165) is 50.5 Å². The summed E-state index contributed by atoms with van der Waals surface area (Å²) < 4.78 is 5.35.